The molecule has 0 spiro atoms. The SMILES string of the molecule is O=C(NCCCN1CCOCC1)c1cccnc1Sc1ccccc1Cl. The van der Waals surface area contributed by atoms with E-state index in [4.69, 9.17) is 16.3 Å². The van der Waals surface area contributed by atoms with Gasteiger partial charge in [-0.3, -0.25) is 9.69 Å². The fourth-order valence-electron chi connectivity index (χ4n) is 2.70. The molecule has 2 aromatic rings. The number of morpholine rings is 1. The van der Waals surface area contributed by atoms with Gasteiger partial charge in [-0.25, -0.2) is 4.98 Å². The number of nitrogens with zero attached hydrogens (tertiary/aromatic N) is 2. The molecule has 7 heteroatoms. The Bertz CT molecular complexity index is 738. The Hall–Kier alpha value is -1.60. The van der Waals surface area contributed by atoms with Gasteiger partial charge >= 0.3 is 0 Å². The summed E-state index contributed by atoms with van der Waals surface area (Å²) >= 11 is 7.62. The maximum absolute atomic E-state index is 12.6. The fourth-order valence-corrected chi connectivity index (χ4v) is 3.86. The summed E-state index contributed by atoms with van der Waals surface area (Å²) in [5.74, 6) is -0.102. The standard InChI is InChI=1S/C19H22ClN3O2S/c20-16-6-1-2-7-17(16)26-19-15(5-3-8-22-19)18(24)21-9-4-10-23-11-13-25-14-12-23/h1-3,5-8H,4,9-14H2,(H,21,24). The zero-order valence-corrected chi connectivity index (χ0v) is 16.1. The zero-order chi connectivity index (χ0) is 18.2. The van der Waals surface area contributed by atoms with Crippen LogP contribution in [-0.4, -0.2) is 55.2 Å². The van der Waals surface area contributed by atoms with Crippen molar-refractivity contribution in [2.24, 2.45) is 0 Å². The zero-order valence-electron chi connectivity index (χ0n) is 14.5. The number of pyridine rings is 1. The highest BCUT2D eigenvalue weighted by molar-refractivity contribution is 7.99. The van der Waals surface area contributed by atoms with Gasteiger partial charge in [-0.1, -0.05) is 35.5 Å². The smallest absolute Gasteiger partial charge is 0.254 e. The van der Waals surface area contributed by atoms with E-state index in [1.165, 1.54) is 11.8 Å². The third-order valence-electron chi connectivity index (χ3n) is 4.10. The van der Waals surface area contributed by atoms with Gasteiger partial charge in [-0.05, 0) is 37.2 Å². The first-order valence-electron chi connectivity index (χ1n) is 8.70. The Balaban J connectivity index is 1.54. The maximum atomic E-state index is 12.6. The molecular weight excluding hydrogens is 370 g/mol. The Morgan fingerprint density at radius 3 is 2.85 bits per heavy atom. The summed E-state index contributed by atoms with van der Waals surface area (Å²) in [6.45, 7) is 5.14. The first-order valence-corrected chi connectivity index (χ1v) is 9.89. The molecule has 1 aromatic heterocycles. The molecule has 2 heterocycles. The van der Waals surface area contributed by atoms with E-state index >= 15 is 0 Å². The lowest BCUT2D eigenvalue weighted by Gasteiger charge is -2.26. The van der Waals surface area contributed by atoms with Crippen LogP contribution in [-0.2, 0) is 4.74 Å². The quantitative estimate of drug-likeness (QED) is 0.733. The molecule has 5 nitrogen and oxygen atoms in total. The minimum absolute atomic E-state index is 0.102. The highest BCUT2D eigenvalue weighted by Crippen LogP contribution is 2.33. The molecule has 1 aromatic carbocycles. The first kappa shape index (κ1) is 19.2. The number of aromatic nitrogens is 1. The lowest BCUT2D eigenvalue weighted by atomic mass is 10.2. The average Bonchev–Trinajstić information content (AvgIpc) is 2.68. The van der Waals surface area contributed by atoms with Gasteiger partial charge in [0.2, 0.25) is 0 Å². The molecule has 0 bridgehead atoms. The summed E-state index contributed by atoms with van der Waals surface area (Å²) in [4.78, 5) is 20.2. The molecule has 1 saturated heterocycles. The summed E-state index contributed by atoms with van der Waals surface area (Å²) in [7, 11) is 0. The fraction of sp³-hybridized carbons (Fsp3) is 0.368. The normalized spacial score (nSPS) is 15.0. The van der Waals surface area contributed by atoms with Gasteiger partial charge in [-0.15, -0.1) is 0 Å². The Morgan fingerprint density at radius 2 is 2.04 bits per heavy atom. The van der Waals surface area contributed by atoms with Crippen LogP contribution in [0.15, 0.2) is 52.5 Å². The number of benzene rings is 1. The number of halogens is 1. The van der Waals surface area contributed by atoms with Gasteiger partial charge in [-0.2, -0.15) is 0 Å². The molecule has 0 unspecified atom stereocenters. The van der Waals surface area contributed by atoms with Crippen LogP contribution in [0.5, 0.6) is 0 Å². The van der Waals surface area contributed by atoms with Crippen molar-refractivity contribution in [3.8, 4) is 0 Å². The van der Waals surface area contributed by atoms with Gasteiger partial charge < -0.3 is 10.1 Å². The molecule has 1 fully saturated rings. The summed E-state index contributed by atoms with van der Waals surface area (Å²) in [6, 6.07) is 11.1. The molecule has 0 atom stereocenters. The van der Waals surface area contributed by atoms with Gasteiger partial charge in [0.05, 0.1) is 23.8 Å². The second-order valence-corrected chi connectivity index (χ2v) is 7.39. The molecule has 1 aliphatic heterocycles. The lowest BCUT2D eigenvalue weighted by molar-refractivity contribution is 0.0374. The summed E-state index contributed by atoms with van der Waals surface area (Å²) in [6.07, 6.45) is 2.60. The monoisotopic (exact) mass is 391 g/mol. The number of nitrogens with one attached hydrogen (secondary N) is 1. The molecule has 0 saturated carbocycles. The third-order valence-corrected chi connectivity index (χ3v) is 5.64. The second-order valence-electron chi connectivity index (χ2n) is 5.95. The highest BCUT2D eigenvalue weighted by atomic mass is 35.5. The minimum atomic E-state index is -0.102. The molecular formula is C19H22ClN3O2S. The number of ether oxygens (including phenoxy) is 1. The number of amides is 1. The Labute approximate surface area is 163 Å². The molecule has 0 radical (unpaired) electrons. The van der Waals surface area contributed by atoms with Crippen molar-refractivity contribution in [1.82, 2.24) is 15.2 Å². The van der Waals surface area contributed by atoms with Crippen LogP contribution in [0.2, 0.25) is 5.02 Å². The summed E-state index contributed by atoms with van der Waals surface area (Å²) < 4.78 is 5.34. The Morgan fingerprint density at radius 1 is 1.23 bits per heavy atom. The van der Waals surface area contributed by atoms with E-state index in [2.05, 4.69) is 15.2 Å². The minimum Gasteiger partial charge on any atom is -0.379 e. The van der Waals surface area contributed by atoms with E-state index in [0.29, 0.717) is 22.2 Å². The van der Waals surface area contributed by atoms with Gasteiger partial charge in [0.25, 0.3) is 5.91 Å². The van der Waals surface area contributed by atoms with Crippen LogP contribution in [0.25, 0.3) is 0 Å². The number of carbonyl (C=O) groups is 1. The van der Waals surface area contributed by atoms with Crippen LogP contribution in [0.1, 0.15) is 16.8 Å². The summed E-state index contributed by atoms with van der Waals surface area (Å²) in [5.41, 5.74) is 0.573. The van der Waals surface area contributed by atoms with Crippen molar-refractivity contribution in [2.45, 2.75) is 16.3 Å². The van der Waals surface area contributed by atoms with Crippen LogP contribution >= 0.6 is 23.4 Å². The van der Waals surface area contributed by atoms with Crippen molar-refractivity contribution in [2.75, 3.05) is 39.4 Å². The number of carbonyl (C=O) groups excluding carboxylic acids is 1. The first-order chi connectivity index (χ1) is 12.7. The Kier molecular flexibility index (Phi) is 7.32. The molecule has 0 aliphatic carbocycles. The van der Waals surface area contributed by atoms with E-state index in [9.17, 15) is 4.79 Å². The van der Waals surface area contributed by atoms with Crippen LogP contribution < -0.4 is 5.32 Å². The summed E-state index contributed by atoms with van der Waals surface area (Å²) in [5, 5.41) is 4.31. The van der Waals surface area contributed by atoms with E-state index < -0.39 is 0 Å². The number of hydrogen-bond donors (Lipinski definition) is 1. The van der Waals surface area contributed by atoms with Crippen LogP contribution in [0, 0.1) is 0 Å². The van der Waals surface area contributed by atoms with Gasteiger partial charge in [0.15, 0.2) is 0 Å². The van der Waals surface area contributed by atoms with E-state index in [1.54, 1.807) is 18.3 Å². The van der Waals surface area contributed by atoms with Crippen molar-refractivity contribution >= 4 is 29.3 Å². The number of rotatable bonds is 7. The van der Waals surface area contributed by atoms with Gasteiger partial charge in [0.1, 0.15) is 5.03 Å². The van der Waals surface area contributed by atoms with E-state index in [0.717, 1.165) is 44.2 Å². The van der Waals surface area contributed by atoms with E-state index in [-0.39, 0.29) is 5.91 Å². The van der Waals surface area contributed by atoms with Crippen LogP contribution in [0.4, 0.5) is 0 Å². The maximum Gasteiger partial charge on any atom is 0.254 e. The largest absolute Gasteiger partial charge is 0.379 e. The number of hydrogen-bond acceptors (Lipinski definition) is 5. The van der Waals surface area contributed by atoms with Crippen LogP contribution in [0.3, 0.4) is 0 Å². The molecule has 138 valence electrons. The molecule has 1 aliphatic rings. The van der Waals surface area contributed by atoms with Crippen molar-refractivity contribution in [3.63, 3.8) is 0 Å². The predicted octanol–water partition coefficient (Wildman–Crippen LogP) is 3.34. The average molecular weight is 392 g/mol. The molecule has 26 heavy (non-hydrogen) atoms. The molecule has 1 amide bonds. The molecule has 3 rings (SSSR count). The molecule has 1 N–H and O–H groups in total. The van der Waals surface area contributed by atoms with Crippen molar-refractivity contribution < 1.29 is 9.53 Å². The third kappa shape index (κ3) is 5.45. The van der Waals surface area contributed by atoms with Crippen molar-refractivity contribution in [3.05, 3.63) is 53.2 Å². The lowest BCUT2D eigenvalue weighted by Crippen LogP contribution is -2.38. The van der Waals surface area contributed by atoms with E-state index in [1.807, 2.05) is 24.3 Å². The predicted molar refractivity (Wildman–Crippen MR) is 104 cm³/mol. The second kappa shape index (κ2) is 9.92. The van der Waals surface area contributed by atoms with Gasteiger partial charge in [0, 0.05) is 30.7 Å². The highest BCUT2D eigenvalue weighted by Gasteiger charge is 2.15. The van der Waals surface area contributed by atoms with Crippen molar-refractivity contribution in [1.29, 1.82) is 0 Å². The topological polar surface area (TPSA) is 54.5 Å².